The smallest absolute Gasteiger partial charge is 0.176 e. The third kappa shape index (κ3) is 3.54. The van der Waals surface area contributed by atoms with Gasteiger partial charge in [0, 0.05) is 10.6 Å². The number of allylic oxidation sites excluding steroid dienone is 1. The monoisotopic (exact) mass is 333 g/mol. The molecule has 2 rings (SSSR count). The fourth-order valence-electron chi connectivity index (χ4n) is 1.96. The Balaban J connectivity index is 2.51. The molecule has 0 unspecified atom stereocenters. The second-order valence-electron chi connectivity index (χ2n) is 4.43. The first-order valence-corrected chi connectivity index (χ1v) is 7.34. The van der Waals surface area contributed by atoms with Crippen molar-refractivity contribution in [2.75, 3.05) is 6.61 Å². The van der Waals surface area contributed by atoms with Gasteiger partial charge in [0.05, 0.1) is 23.3 Å². The van der Waals surface area contributed by atoms with Gasteiger partial charge in [0.25, 0.3) is 0 Å². The van der Waals surface area contributed by atoms with Crippen LogP contribution in [0.15, 0.2) is 36.4 Å². The standard InChI is InChI=1S/C17H13Cl2NO2/c1-2-22-16-9-11(8-15(19)17(16)21)7-12(10-20)13-5-3-4-6-14(13)18/h3-9,21H,2H2,1H3. The summed E-state index contributed by atoms with van der Waals surface area (Å²) < 4.78 is 5.33. The van der Waals surface area contributed by atoms with Crippen molar-refractivity contribution in [1.82, 2.24) is 0 Å². The zero-order valence-corrected chi connectivity index (χ0v) is 13.3. The zero-order valence-electron chi connectivity index (χ0n) is 11.8. The van der Waals surface area contributed by atoms with Gasteiger partial charge in [-0.1, -0.05) is 41.4 Å². The highest BCUT2D eigenvalue weighted by molar-refractivity contribution is 6.33. The van der Waals surface area contributed by atoms with E-state index in [1.165, 1.54) is 0 Å². The van der Waals surface area contributed by atoms with Crippen molar-refractivity contribution in [3.63, 3.8) is 0 Å². The van der Waals surface area contributed by atoms with Gasteiger partial charge in [0.2, 0.25) is 0 Å². The first kappa shape index (κ1) is 16.2. The summed E-state index contributed by atoms with van der Waals surface area (Å²) in [5.74, 6) is 0.162. The maximum Gasteiger partial charge on any atom is 0.176 e. The molecule has 22 heavy (non-hydrogen) atoms. The van der Waals surface area contributed by atoms with Crippen molar-refractivity contribution in [1.29, 1.82) is 5.26 Å². The lowest BCUT2D eigenvalue weighted by Crippen LogP contribution is -1.93. The lowest BCUT2D eigenvalue weighted by molar-refractivity contribution is 0.318. The topological polar surface area (TPSA) is 53.2 Å². The third-order valence-electron chi connectivity index (χ3n) is 2.95. The molecule has 0 amide bonds. The Bertz CT molecular complexity index is 764. The third-order valence-corrected chi connectivity index (χ3v) is 3.56. The molecule has 0 aliphatic carbocycles. The highest BCUT2D eigenvalue weighted by Crippen LogP contribution is 2.36. The number of ether oxygens (including phenoxy) is 1. The second kappa shape index (κ2) is 7.22. The van der Waals surface area contributed by atoms with Crippen molar-refractivity contribution in [3.05, 3.63) is 57.6 Å². The minimum absolute atomic E-state index is 0.114. The highest BCUT2D eigenvalue weighted by Gasteiger charge is 2.11. The highest BCUT2D eigenvalue weighted by atomic mass is 35.5. The SMILES string of the molecule is CCOc1cc(C=C(C#N)c2ccccc2Cl)cc(Cl)c1O. The summed E-state index contributed by atoms with van der Waals surface area (Å²) in [6.45, 7) is 2.20. The van der Waals surface area contributed by atoms with Gasteiger partial charge in [0.1, 0.15) is 0 Å². The van der Waals surface area contributed by atoms with E-state index in [9.17, 15) is 10.4 Å². The molecule has 0 aliphatic heterocycles. The van der Waals surface area contributed by atoms with Gasteiger partial charge in [-0.3, -0.25) is 0 Å². The Morgan fingerprint density at radius 3 is 2.64 bits per heavy atom. The summed E-state index contributed by atoms with van der Waals surface area (Å²) in [6, 6.07) is 12.4. The molecule has 1 N–H and O–H groups in total. The summed E-state index contributed by atoms with van der Waals surface area (Å²) in [7, 11) is 0. The zero-order chi connectivity index (χ0) is 16.1. The molecule has 0 radical (unpaired) electrons. The molecule has 0 spiro atoms. The predicted octanol–water partition coefficient (Wildman–Crippen LogP) is 5.16. The predicted molar refractivity (Wildman–Crippen MR) is 89.2 cm³/mol. The van der Waals surface area contributed by atoms with Crippen LogP contribution in [0.25, 0.3) is 11.6 Å². The van der Waals surface area contributed by atoms with Crippen LogP contribution in [-0.4, -0.2) is 11.7 Å². The fourth-order valence-corrected chi connectivity index (χ4v) is 2.42. The van der Waals surface area contributed by atoms with Crippen molar-refractivity contribution >= 4 is 34.9 Å². The van der Waals surface area contributed by atoms with Crippen molar-refractivity contribution in [2.24, 2.45) is 0 Å². The number of nitriles is 1. The molecule has 5 heteroatoms. The van der Waals surface area contributed by atoms with Gasteiger partial charge in [-0.05, 0) is 36.8 Å². The number of hydrogen-bond donors (Lipinski definition) is 1. The molecule has 112 valence electrons. The Morgan fingerprint density at radius 2 is 2.00 bits per heavy atom. The van der Waals surface area contributed by atoms with Crippen LogP contribution in [-0.2, 0) is 0 Å². The largest absolute Gasteiger partial charge is 0.503 e. The molecule has 2 aromatic rings. The van der Waals surface area contributed by atoms with Gasteiger partial charge >= 0.3 is 0 Å². The number of nitrogens with zero attached hydrogens (tertiary/aromatic N) is 1. The molecule has 0 aromatic heterocycles. The van der Waals surface area contributed by atoms with Crippen LogP contribution in [0, 0.1) is 11.3 Å². The lowest BCUT2D eigenvalue weighted by atomic mass is 10.0. The number of phenols is 1. The van der Waals surface area contributed by atoms with E-state index < -0.39 is 0 Å². The summed E-state index contributed by atoms with van der Waals surface area (Å²) in [6.07, 6.45) is 1.65. The molecule has 3 nitrogen and oxygen atoms in total. The van der Waals surface area contributed by atoms with Crippen LogP contribution in [0.3, 0.4) is 0 Å². The average molecular weight is 334 g/mol. The van der Waals surface area contributed by atoms with Crippen LogP contribution < -0.4 is 4.74 Å². The van der Waals surface area contributed by atoms with Gasteiger partial charge in [0.15, 0.2) is 11.5 Å². The van der Waals surface area contributed by atoms with Crippen LogP contribution in [0.1, 0.15) is 18.1 Å². The Kier molecular flexibility index (Phi) is 5.32. The van der Waals surface area contributed by atoms with Gasteiger partial charge in [-0.15, -0.1) is 0 Å². The molecule has 0 saturated carbocycles. The maximum atomic E-state index is 9.84. The molecular formula is C17H13Cl2NO2. The summed E-state index contributed by atoms with van der Waals surface area (Å²) in [5.41, 5.74) is 1.67. The van der Waals surface area contributed by atoms with Crippen molar-refractivity contribution < 1.29 is 9.84 Å². The molecule has 0 saturated heterocycles. The summed E-state index contributed by atoms with van der Waals surface area (Å²) in [5, 5.41) is 19.9. The molecule has 0 atom stereocenters. The normalized spacial score (nSPS) is 11.1. The Morgan fingerprint density at radius 1 is 1.27 bits per heavy atom. The molecule has 2 aromatic carbocycles. The summed E-state index contributed by atoms with van der Waals surface area (Å²) >= 11 is 12.1. The van der Waals surface area contributed by atoms with E-state index in [2.05, 4.69) is 6.07 Å². The van der Waals surface area contributed by atoms with Crippen LogP contribution in [0.4, 0.5) is 0 Å². The van der Waals surface area contributed by atoms with E-state index in [1.807, 2.05) is 6.07 Å². The van der Waals surface area contributed by atoms with E-state index in [0.29, 0.717) is 28.3 Å². The van der Waals surface area contributed by atoms with Crippen LogP contribution in [0.2, 0.25) is 10.0 Å². The van der Waals surface area contributed by atoms with Crippen molar-refractivity contribution in [3.8, 4) is 17.6 Å². The first-order chi connectivity index (χ1) is 10.6. The van der Waals surface area contributed by atoms with E-state index >= 15 is 0 Å². The van der Waals surface area contributed by atoms with E-state index in [4.69, 9.17) is 27.9 Å². The number of phenolic OH excluding ortho intramolecular Hbond substituents is 1. The van der Waals surface area contributed by atoms with Gasteiger partial charge in [-0.25, -0.2) is 0 Å². The fraction of sp³-hybridized carbons (Fsp3) is 0.118. The number of benzene rings is 2. The lowest BCUT2D eigenvalue weighted by Gasteiger charge is -2.09. The number of hydrogen-bond acceptors (Lipinski definition) is 3. The minimum Gasteiger partial charge on any atom is -0.503 e. The van der Waals surface area contributed by atoms with E-state index in [1.54, 1.807) is 43.3 Å². The first-order valence-electron chi connectivity index (χ1n) is 6.58. The second-order valence-corrected chi connectivity index (χ2v) is 5.25. The average Bonchev–Trinajstić information content (AvgIpc) is 2.51. The Labute approximate surface area is 139 Å². The number of rotatable bonds is 4. The van der Waals surface area contributed by atoms with Crippen LogP contribution >= 0.6 is 23.2 Å². The number of halogens is 2. The minimum atomic E-state index is -0.114. The maximum absolute atomic E-state index is 9.84. The Hall–Kier alpha value is -2.15. The van der Waals surface area contributed by atoms with E-state index in [-0.39, 0.29) is 16.5 Å². The van der Waals surface area contributed by atoms with Crippen LogP contribution in [0.5, 0.6) is 11.5 Å². The van der Waals surface area contributed by atoms with Gasteiger partial charge in [-0.2, -0.15) is 5.26 Å². The van der Waals surface area contributed by atoms with Crippen molar-refractivity contribution in [2.45, 2.75) is 6.92 Å². The molecule has 0 heterocycles. The van der Waals surface area contributed by atoms with Gasteiger partial charge < -0.3 is 9.84 Å². The molecular weight excluding hydrogens is 321 g/mol. The molecule has 0 fully saturated rings. The molecule has 0 aliphatic rings. The number of aromatic hydroxyl groups is 1. The molecule has 0 bridgehead atoms. The van der Waals surface area contributed by atoms with E-state index in [0.717, 1.165) is 0 Å². The summed E-state index contributed by atoms with van der Waals surface area (Å²) in [4.78, 5) is 0. The quantitative estimate of drug-likeness (QED) is 0.620.